The first-order chi connectivity index (χ1) is 7.70. The van der Waals surface area contributed by atoms with E-state index in [1.165, 1.54) is 6.26 Å². The molecule has 2 atom stereocenters. The van der Waals surface area contributed by atoms with E-state index in [0.717, 1.165) is 18.7 Å². The first-order valence-electron chi connectivity index (χ1n) is 5.18. The Labute approximate surface area is 93.2 Å². The lowest BCUT2D eigenvalue weighted by Crippen LogP contribution is -2.25. The van der Waals surface area contributed by atoms with Crippen molar-refractivity contribution >= 4 is 5.91 Å². The second kappa shape index (κ2) is 4.63. The predicted molar refractivity (Wildman–Crippen MR) is 56.0 cm³/mol. The van der Waals surface area contributed by atoms with Crippen molar-refractivity contribution in [2.24, 2.45) is 5.73 Å². The molecule has 1 aromatic rings. The average molecular weight is 225 g/mol. The van der Waals surface area contributed by atoms with E-state index in [1.54, 1.807) is 7.11 Å². The van der Waals surface area contributed by atoms with Crippen LogP contribution in [0.4, 0.5) is 0 Å². The number of rotatable bonds is 4. The maximum Gasteiger partial charge on any atom is 0.304 e. The van der Waals surface area contributed by atoms with Gasteiger partial charge in [0.05, 0.1) is 12.3 Å². The minimum absolute atomic E-state index is 0.0230. The van der Waals surface area contributed by atoms with Crippen LogP contribution in [-0.2, 0) is 4.74 Å². The van der Waals surface area contributed by atoms with E-state index in [1.807, 2.05) is 0 Å². The van der Waals surface area contributed by atoms with Gasteiger partial charge in [0.25, 0.3) is 5.89 Å². The van der Waals surface area contributed by atoms with Gasteiger partial charge in [0.1, 0.15) is 6.26 Å². The molecule has 0 bridgehead atoms. The minimum atomic E-state index is -0.634. The van der Waals surface area contributed by atoms with Crippen LogP contribution >= 0.6 is 0 Å². The number of oxazole rings is 1. The molecular formula is C10H15N3O3. The topological polar surface area (TPSA) is 90.4 Å². The van der Waals surface area contributed by atoms with Gasteiger partial charge < -0.3 is 20.2 Å². The van der Waals surface area contributed by atoms with Gasteiger partial charge in [-0.15, -0.1) is 0 Å². The number of methoxy groups -OCH3 is 1. The summed E-state index contributed by atoms with van der Waals surface area (Å²) < 4.78 is 10.1. The molecule has 1 saturated heterocycles. The lowest BCUT2D eigenvalue weighted by Gasteiger charge is -2.07. The summed E-state index contributed by atoms with van der Waals surface area (Å²) in [6.45, 7) is 1.50. The zero-order chi connectivity index (χ0) is 11.5. The highest BCUT2D eigenvalue weighted by atomic mass is 16.5. The summed E-state index contributed by atoms with van der Waals surface area (Å²) in [4.78, 5) is 14.9. The molecule has 0 spiro atoms. The number of nitrogens with two attached hydrogens (primary N) is 1. The maximum atomic E-state index is 10.8. The summed E-state index contributed by atoms with van der Waals surface area (Å²) in [5.41, 5.74) is 5.85. The number of carbonyl (C=O) groups excluding carboxylic acids is 1. The van der Waals surface area contributed by atoms with Gasteiger partial charge in [-0.25, -0.2) is 4.98 Å². The number of amides is 1. The van der Waals surface area contributed by atoms with Gasteiger partial charge in [0, 0.05) is 25.6 Å². The van der Waals surface area contributed by atoms with Crippen LogP contribution < -0.4 is 11.1 Å². The fraction of sp³-hybridized carbons (Fsp3) is 0.600. The number of aromatic nitrogens is 1. The monoisotopic (exact) mass is 225 g/mol. The SMILES string of the molecule is COC[C@@H]1C[C@@H](c2coc(C(N)=O)n2)CN1. The third-order valence-electron chi connectivity index (χ3n) is 2.74. The molecule has 2 rings (SSSR count). The van der Waals surface area contributed by atoms with E-state index in [-0.39, 0.29) is 11.8 Å². The summed E-state index contributed by atoms with van der Waals surface area (Å²) >= 11 is 0. The van der Waals surface area contributed by atoms with Crippen molar-refractivity contribution in [3.63, 3.8) is 0 Å². The van der Waals surface area contributed by atoms with Crippen molar-refractivity contribution < 1.29 is 13.9 Å². The van der Waals surface area contributed by atoms with Gasteiger partial charge in [0.15, 0.2) is 0 Å². The van der Waals surface area contributed by atoms with E-state index < -0.39 is 5.91 Å². The molecule has 1 aromatic heterocycles. The van der Waals surface area contributed by atoms with E-state index in [2.05, 4.69) is 10.3 Å². The van der Waals surface area contributed by atoms with Crippen LogP contribution in [0.15, 0.2) is 10.7 Å². The number of nitrogens with zero attached hydrogens (tertiary/aromatic N) is 1. The van der Waals surface area contributed by atoms with Gasteiger partial charge in [0.2, 0.25) is 0 Å². The number of ether oxygens (including phenoxy) is 1. The van der Waals surface area contributed by atoms with E-state index in [4.69, 9.17) is 14.9 Å². The molecule has 0 aromatic carbocycles. The van der Waals surface area contributed by atoms with Crippen molar-refractivity contribution in [1.29, 1.82) is 0 Å². The molecule has 1 aliphatic heterocycles. The van der Waals surface area contributed by atoms with Gasteiger partial charge in [-0.2, -0.15) is 0 Å². The second-order valence-corrected chi connectivity index (χ2v) is 3.93. The highest BCUT2D eigenvalue weighted by Crippen LogP contribution is 2.25. The van der Waals surface area contributed by atoms with Crippen LogP contribution in [0.1, 0.15) is 28.7 Å². The largest absolute Gasteiger partial charge is 0.441 e. The van der Waals surface area contributed by atoms with E-state index >= 15 is 0 Å². The molecule has 0 aliphatic carbocycles. The van der Waals surface area contributed by atoms with Crippen molar-refractivity contribution in [3.05, 3.63) is 17.8 Å². The Morgan fingerprint density at radius 2 is 2.62 bits per heavy atom. The second-order valence-electron chi connectivity index (χ2n) is 3.93. The zero-order valence-corrected chi connectivity index (χ0v) is 9.10. The Balaban J connectivity index is 2.00. The van der Waals surface area contributed by atoms with Gasteiger partial charge >= 0.3 is 5.91 Å². The maximum absolute atomic E-state index is 10.8. The Morgan fingerprint density at radius 1 is 1.81 bits per heavy atom. The van der Waals surface area contributed by atoms with Crippen molar-refractivity contribution in [1.82, 2.24) is 10.3 Å². The van der Waals surface area contributed by atoms with Crippen molar-refractivity contribution in [2.75, 3.05) is 20.3 Å². The lowest BCUT2D eigenvalue weighted by molar-refractivity contribution is 0.0967. The first-order valence-corrected chi connectivity index (χ1v) is 5.18. The molecule has 6 nitrogen and oxygen atoms in total. The van der Waals surface area contributed by atoms with Crippen molar-refractivity contribution in [2.45, 2.75) is 18.4 Å². The standard InChI is InChI=1S/C10H15N3O3/c1-15-4-7-2-6(3-12-7)8-5-16-10(13-8)9(11)14/h5-7,12H,2-4H2,1H3,(H2,11,14)/t6-,7+/m1/s1. The molecule has 0 radical (unpaired) electrons. The van der Waals surface area contributed by atoms with Gasteiger partial charge in [-0.3, -0.25) is 4.79 Å². The molecule has 0 unspecified atom stereocenters. The highest BCUT2D eigenvalue weighted by molar-refractivity contribution is 5.87. The molecular weight excluding hydrogens is 210 g/mol. The number of nitrogens with one attached hydrogen (secondary N) is 1. The molecule has 1 aliphatic rings. The lowest BCUT2D eigenvalue weighted by atomic mass is 10.0. The number of hydrogen-bond acceptors (Lipinski definition) is 5. The molecule has 1 amide bonds. The Hall–Kier alpha value is -1.40. The van der Waals surface area contributed by atoms with Crippen LogP contribution in [0, 0.1) is 0 Å². The molecule has 16 heavy (non-hydrogen) atoms. The van der Waals surface area contributed by atoms with Crippen molar-refractivity contribution in [3.8, 4) is 0 Å². The third-order valence-corrected chi connectivity index (χ3v) is 2.74. The summed E-state index contributed by atoms with van der Waals surface area (Å²) in [5.74, 6) is -0.396. The summed E-state index contributed by atoms with van der Waals surface area (Å²) in [5, 5.41) is 3.32. The number of primary amides is 1. The fourth-order valence-electron chi connectivity index (χ4n) is 1.96. The first kappa shape index (κ1) is 11.1. The summed E-state index contributed by atoms with van der Waals surface area (Å²) in [7, 11) is 1.68. The zero-order valence-electron chi connectivity index (χ0n) is 9.10. The smallest absolute Gasteiger partial charge is 0.304 e. The predicted octanol–water partition coefficient (Wildman–Crippen LogP) is -0.135. The fourth-order valence-corrected chi connectivity index (χ4v) is 1.96. The van der Waals surface area contributed by atoms with Crippen LogP contribution in [0.25, 0.3) is 0 Å². The van der Waals surface area contributed by atoms with Crippen LogP contribution in [0.2, 0.25) is 0 Å². The number of carbonyl (C=O) groups is 1. The van der Waals surface area contributed by atoms with Crippen LogP contribution in [0.5, 0.6) is 0 Å². The molecule has 1 fully saturated rings. The molecule has 3 N–H and O–H groups in total. The minimum Gasteiger partial charge on any atom is -0.441 e. The van der Waals surface area contributed by atoms with Gasteiger partial charge in [-0.1, -0.05) is 0 Å². The number of hydrogen-bond donors (Lipinski definition) is 2. The molecule has 88 valence electrons. The van der Waals surface area contributed by atoms with E-state index in [0.29, 0.717) is 12.6 Å². The normalized spacial score (nSPS) is 24.8. The highest BCUT2D eigenvalue weighted by Gasteiger charge is 2.27. The Morgan fingerprint density at radius 3 is 3.25 bits per heavy atom. The van der Waals surface area contributed by atoms with Gasteiger partial charge in [-0.05, 0) is 6.42 Å². The summed E-state index contributed by atoms with van der Waals surface area (Å²) in [6.07, 6.45) is 2.43. The Kier molecular flexibility index (Phi) is 3.21. The van der Waals surface area contributed by atoms with Crippen LogP contribution in [-0.4, -0.2) is 37.2 Å². The summed E-state index contributed by atoms with van der Waals surface area (Å²) in [6, 6.07) is 0.337. The quantitative estimate of drug-likeness (QED) is 0.744. The molecule has 6 heteroatoms. The van der Waals surface area contributed by atoms with Crippen LogP contribution in [0.3, 0.4) is 0 Å². The average Bonchev–Trinajstić information content (AvgIpc) is 2.84. The third kappa shape index (κ3) is 2.23. The molecule has 0 saturated carbocycles. The Bertz CT molecular complexity index is 377. The molecule has 2 heterocycles. The van der Waals surface area contributed by atoms with E-state index in [9.17, 15) is 4.79 Å².